The van der Waals surface area contributed by atoms with Crippen LogP contribution >= 0.6 is 12.4 Å². The van der Waals surface area contributed by atoms with Gasteiger partial charge in [-0.3, -0.25) is 4.79 Å². The molecule has 3 rings (SSSR count). The number of primary amides is 1. The molecular weight excluding hydrogens is 384 g/mol. The Labute approximate surface area is 160 Å². The Bertz CT molecular complexity index is 809. The van der Waals surface area contributed by atoms with Crippen molar-refractivity contribution in [2.75, 3.05) is 6.61 Å². The van der Waals surface area contributed by atoms with Crippen molar-refractivity contribution in [1.29, 1.82) is 0 Å². The number of hydrogen-bond acceptors (Lipinski definition) is 6. The topological polar surface area (TPSA) is 114 Å². The molecule has 1 aliphatic carbocycles. The third-order valence-corrected chi connectivity index (χ3v) is 3.88. The number of aromatic nitrogens is 1. The Balaban J connectivity index is 0.00000261. The summed E-state index contributed by atoms with van der Waals surface area (Å²) in [7, 11) is 0. The second kappa shape index (κ2) is 8.53. The number of benzene rings is 1. The molecule has 1 fully saturated rings. The van der Waals surface area contributed by atoms with Gasteiger partial charge in [-0.25, -0.2) is 4.98 Å². The van der Waals surface area contributed by atoms with Crippen LogP contribution in [0.3, 0.4) is 0 Å². The number of nitrogens with zero attached hydrogens (tertiary/aromatic N) is 1. The lowest BCUT2D eigenvalue weighted by molar-refractivity contribution is -0.0515. The monoisotopic (exact) mass is 403 g/mol. The SMILES string of the molecule is C[C@H](N)c1oc(-c2ccc(OC(F)F)c(OCC3CC3)c2)nc1C(N)=O.Cl. The fraction of sp³-hybridized carbons (Fsp3) is 0.412. The van der Waals surface area contributed by atoms with Crippen molar-refractivity contribution < 1.29 is 27.5 Å². The second-order valence-corrected chi connectivity index (χ2v) is 6.18. The molecule has 0 aliphatic heterocycles. The molecule has 1 amide bonds. The molecule has 1 atom stereocenters. The smallest absolute Gasteiger partial charge is 0.387 e. The van der Waals surface area contributed by atoms with E-state index in [-0.39, 0.29) is 41.3 Å². The highest BCUT2D eigenvalue weighted by molar-refractivity contribution is 5.92. The summed E-state index contributed by atoms with van der Waals surface area (Å²) in [5, 5.41) is 0. The molecule has 0 radical (unpaired) electrons. The Kier molecular flexibility index (Phi) is 6.61. The number of alkyl halides is 2. The van der Waals surface area contributed by atoms with Crippen LogP contribution in [0.25, 0.3) is 11.5 Å². The zero-order chi connectivity index (χ0) is 18.8. The van der Waals surface area contributed by atoms with Gasteiger partial charge in [-0.15, -0.1) is 12.4 Å². The number of oxazole rings is 1. The number of hydrogen-bond donors (Lipinski definition) is 2. The van der Waals surface area contributed by atoms with Gasteiger partial charge in [0, 0.05) is 5.56 Å². The van der Waals surface area contributed by atoms with Crippen LogP contribution < -0.4 is 20.9 Å². The molecule has 0 saturated heterocycles. The van der Waals surface area contributed by atoms with Gasteiger partial charge in [0.1, 0.15) is 0 Å². The number of halogens is 3. The average Bonchev–Trinajstić information content (AvgIpc) is 3.28. The fourth-order valence-corrected chi connectivity index (χ4v) is 2.38. The lowest BCUT2D eigenvalue weighted by Gasteiger charge is -2.12. The van der Waals surface area contributed by atoms with E-state index in [0.717, 1.165) is 12.8 Å². The number of nitrogens with two attached hydrogens (primary N) is 2. The average molecular weight is 404 g/mol. The Morgan fingerprint density at radius 3 is 2.59 bits per heavy atom. The van der Waals surface area contributed by atoms with Crippen molar-refractivity contribution in [3.8, 4) is 23.0 Å². The second-order valence-electron chi connectivity index (χ2n) is 6.18. The maximum absolute atomic E-state index is 12.6. The number of amides is 1. The maximum atomic E-state index is 12.6. The van der Waals surface area contributed by atoms with Crippen molar-refractivity contribution >= 4 is 18.3 Å². The lowest BCUT2D eigenvalue weighted by atomic mass is 10.2. The van der Waals surface area contributed by atoms with Crippen molar-refractivity contribution in [2.45, 2.75) is 32.4 Å². The van der Waals surface area contributed by atoms with Crippen LogP contribution in [0.4, 0.5) is 8.78 Å². The molecule has 1 aromatic heterocycles. The number of carbonyl (C=O) groups is 1. The van der Waals surface area contributed by atoms with Crippen LogP contribution in [-0.4, -0.2) is 24.1 Å². The van der Waals surface area contributed by atoms with Crippen molar-refractivity contribution in [3.05, 3.63) is 29.7 Å². The molecule has 1 saturated carbocycles. The van der Waals surface area contributed by atoms with E-state index < -0.39 is 18.6 Å². The first kappa shape index (κ1) is 20.9. The molecule has 0 unspecified atom stereocenters. The summed E-state index contributed by atoms with van der Waals surface area (Å²) >= 11 is 0. The summed E-state index contributed by atoms with van der Waals surface area (Å²) in [6.07, 6.45) is 2.09. The van der Waals surface area contributed by atoms with Gasteiger partial charge in [-0.05, 0) is 43.9 Å². The first-order valence-corrected chi connectivity index (χ1v) is 8.13. The summed E-state index contributed by atoms with van der Waals surface area (Å²) < 4.78 is 40.8. The van der Waals surface area contributed by atoms with E-state index in [1.165, 1.54) is 18.2 Å². The van der Waals surface area contributed by atoms with E-state index in [9.17, 15) is 13.6 Å². The van der Waals surface area contributed by atoms with Crippen LogP contribution in [0.2, 0.25) is 0 Å². The first-order valence-electron chi connectivity index (χ1n) is 8.13. The summed E-state index contributed by atoms with van der Waals surface area (Å²) in [5.41, 5.74) is 11.4. The van der Waals surface area contributed by atoms with Crippen LogP contribution in [0, 0.1) is 5.92 Å². The standard InChI is InChI=1S/C17H19F2N3O4.ClH/c1-8(20)14-13(15(21)23)22-16(26-14)10-4-5-11(25-17(18)19)12(6-10)24-7-9-2-3-9;/h4-6,8-9,17H,2-3,7,20H2,1H3,(H2,21,23);1H/t8-;/m0./s1. The molecule has 0 bridgehead atoms. The third-order valence-electron chi connectivity index (χ3n) is 3.88. The van der Waals surface area contributed by atoms with Gasteiger partial charge in [0.05, 0.1) is 12.6 Å². The van der Waals surface area contributed by atoms with Gasteiger partial charge < -0.3 is 25.4 Å². The molecule has 0 spiro atoms. The molecule has 1 aliphatic rings. The fourth-order valence-electron chi connectivity index (χ4n) is 2.38. The molecule has 2 aromatic rings. The predicted octanol–water partition coefficient (Wildman–Crippen LogP) is 3.27. The summed E-state index contributed by atoms with van der Waals surface area (Å²) in [4.78, 5) is 15.6. The third kappa shape index (κ3) is 5.08. The normalized spacial score (nSPS) is 14.6. The minimum atomic E-state index is -2.97. The van der Waals surface area contributed by atoms with E-state index >= 15 is 0 Å². The van der Waals surface area contributed by atoms with Gasteiger partial charge >= 0.3 is 6.61 Å². The minimum absolute atomic E-state index is 0. The summed E-state index contributed by atoms with van der Waals surface area (Å²) in [6, 6.07) is 3.69. The quantitative estimate of drug-likeness (QED) is 0.699. The number of ether oxygens (including phenoxy) is 2. The van der Waals surface area contributed by atoms with Crippen molar-refractivity contribution in [3.63, 3.8) is 0 Å². The Hall–Kier alpha value is -2.39. The van der Waals surface area contributed by atoms with Crippen LogP contribution in [-0.2, 0) is 0 Å². The number of rotatable bonds is 8. The Morgan fingerprint density at radius 2 is 2.07 bits per heavy atom. The van der Waals surface area contributed by atoms with Gasteiger partial charge in [0.25, 0.3) is 5.91 Å². The predicted molar refractivity (Wildman–Crippen MR) is 95.2 cm³/mol. The van der Waals surface area contributed by atoms with Gasteiger partial charge in [-0.1, -0.05) is 0 Å². The Morgan fingerprint density at radius 1 is 1.37 bits per heavy atom. The molecule has 4 N–H and O–H groups in total. The molecule has 10 heteroatoms. The van der Waals surface area contributed by atoms with Crippen molar-refractivity contribution in [1.82, 2.24) is 4.98 Å². The zero-order valence-electron chi connectivity index (χ0n) is 14.5. The zero-order valence-corrected chi connectivity index (χ0v) is 15.3. The molecule has 7 nitrogen and oxygen atoms in total. The summed E-state index contributed by atoms with van der Waals surface area (Å²) in [6.45, 7) is -0.941. The minimum Gasteiger partial charge on any atom is -0.489 e. The molecule has 1 heterocycles. The molecule has 148 valence electrons. The van der Waals surface area contributed by atoms with Crippen LogP contribution in [0.5, 0.6) is 11.5 Å². The van der Waals surface area contributed by atoms with Gasteiger partial charge in [0.15, 0.2) is 23.0 Å². The van der Waals surface area contributed by atoms with Crippen LogP contribution in [0.15, 0.2) is 22.6 Å². The van der Waals surface area contributed by atoms with E-state index in [0.29, 0.717) is 18.1 Å². The lowest BCUT2D eigenvalue weighted by Crippen LogP contribution is -2.16. The van der Waals surface area contributed by atoms with E-state index in [4.69, 9.17) is 20.6 Å². The first-order chi connectivity index (χ1) is 12.3. The van der Waals surface area contributed by atoms with Crippen LogP contribution in [0.1, 0.15) is 42.1 Å². The highest BCUT2D eigenvalue weighted by Gasteiger charge is 2.25. The summed E-state index contributed by atoms with van der Waals surface area (Å²) in [5.74, 6) is -0.0395. The maximum Gasteiger partial charge on any atom is 0.387 e. The van der Waals surface area contributed by atoms with E-state index in [1.807, 2.05) is 0 Å². The van der Waals surface area contributed by atoms with Gasteiger partial charge in [-0.2, -0.15) is 8.78 Å². The largest absolute Gasteiger partial charge is 0.489 e. The van der Waals surface area contributed by atoms with Gasteiger partial charge in [0.2, 0.25) is 5.89 Å². The van der Waals surface area contributed by atoms with E-state index in [2.05, 4.69) is 9.72 Å². The van der Waals surface area contributed by atoms with Crippen molar-refractivity contribution in [2.24, 2.45) is 17.4 Å². The molecular formula is C17H20ClF2N3O4. The highest BCUT2D eigenvalue weighted by atomic mass is 35.5. The molecule has 1 aromatic carbocycles. The highest BCUT2D eigenvalue weighted by Crippen LogP contribution is 2.37. The molecule has 27 heavy (non-hydrogen) atoms. The number of carbonyl (C=O) groups excluding carboxylic acids is 1. The van der Waals surface area contributed by atoms with E-state index in [1.54, 1.807) is 6.92 Å².